The Balaban J connectivity index is 1.83. The molecule has 2 saturated heterocycles. The molecule has 0 radical (unpaired) electrons. The fraction of sp³-hybridized carbons (Fsp3) is 0.684. The van der Waals surface area contributed by atoms with Crippen LogP contribution in [0.25, 0.3) is 0 Å². The first kappa shape index (κ1) is 19.8. The van der Waals surface area contributed by atoms with Gasteiger partial charge in [0.15, 0.2) is 11.6 Å². The van der Waals surface area contributed by atoms with Crippen LogP contribution in [0.2, 0.25) is 0 Å². The number of rotatable bonds is 5. The number of hydrogen-bond donors (Lipinski definition) is 2. The summed E-state index contributed by atoms with van der Waals surface area (Å²) in [5.74, 6) is -2.78. The molecule has 0 aromatic heterocycles. The highest BCUT2D eigenvalue weighted by molar-refractivity contribution is 7.84. The fourth-order valence-electron chi connectivity index (χ4n) is 4.01. The van der Waals surface area contributed by atoms with Gasteiger partial charge in [0.2, 0.25) is 0 Å². The Labute approximate surface area is 155 Å². The van der Waals surface area contributed by atoms with Crippen LogP contribution in [0.5, 0.6) is 0 Å². The van der Waals surface area contributed by atoms with E-state index in [4.69, 9.17) is 0 Å². The molecule has 5 atom stereocenters. The van der Waals surface area contributed by atoms with Crippen molar-refractivity contribution >= 4 is 11.0 Å². The Morgan fingerprint density at radius 3 is 2.27 bits per heavy atom. The molecule has 1 aromatic carbocycles. The van der Waals surface area contributed by atoms with E-state index >= 15 is 0 Å². The summed E-state index contributed by atoms with van der Waals surface area (Å²) in [7, 11) is -1.32. The number of halogens is 3. The minimum atomic E-state index is -1.32. The maximum absolute atomic E-state index is 14.2. The first-order chi connectivity index (χ1) is 12.1. The van der Waals surface area contributed by atoms with Gasteiger partial charge in [-0.05, 0) is 70.4 Å². The van der Waals surface area contributed by atoms with Crippen molar-refractivity contribution in [2.75, 3.05) is 0 Å². The fourth-order valence-corrected chi connectivity index (χ4v) is 4.91. The second kappa shape index (κ2) is 7.60. The van der Waals surface area contributed by atoms with Crippen LogP contribution in [-0.4, -0.2) is 27.1 Å². The standard InChI is InChI=1S/C19H27F3N2OS/c1-19(2,3)26(25)24-18(12-6-13-4-5-14(7-12)23-13)9-11-8-16(21)17(22)10-15(11)20/h8,10,12-14,18,23-24H,4-7,9H2,1-3H3/t12?,13-,14+,18-,26?/m0/s1. The molecule has 2 unspecified atom stereocenters. The van der Waals surface area contributed by atoms with Gasteiger partial charge in [-0.3, -0.25) is 0 Å². The topological polar surface area (TPSA) is 41.1 Å². The molecule has 2 aliphatic heterocycles. The van der Waals surface area contributed by atoms with E-state index in [1.807, 2.05) is 20.8 Å². The van der Waals surface area contributed by atoms with E-state index in [-0.39, 0.29) is 23.9 Å². The molecule has 0 saturated carbocycles. The van der Waals surface area contributed by atoms with E-state index in [9.17, 15) is 17.4 Å². The van der Waals surface area contributed by atoms with Gasteiger partial charge in [-0.2, -0.15) is 0 Å². The molecule has 146 valence electrons. The van der Waals surface area contributed by atoms with Gasteiger partial charge in [0.1, 0.15) is 5.82 Å². The van der Waals surface area contributed by atoms with E-state index in [1.54, 1.807) is 0 Å². The molecule has 2 aliphatic rings. The minimum absolute atomic E-state index is 0.123. The van der Waals surface area contributed by atoms with Crippen LogP contribution in [0.15, 0.2) is 12.1 Å². The van der Waals surface area contributed by atoms with Gasteiger partial charge < -0.3 is 5.32 Å². The summed E-state index contributed by atoms with van der Waals surface area (Å²) >= 11 is 0. The molecule has 0 amide bonds. The number of piperidine rings is 1. The van der Waals surface area contributed by atoms with Crippen molar-refractivity contribution in [2.24, 2.45) is 5.92 Å². The van der Waals surface area contributed by atoms with Crippen molar-refractivity contribution in [3.63, 3.8) is 0 Å². The lowest BCUT2D eigenvalue weighted by atomic mass is 9.83. The first-order valence-electron chi connectivity index (χ1n) is 9.21. The maximum Gasteiger partial charge on any atom is 0.161 e. The van der Waals surface area contributed by atoms with Crippen molar-refractivity contribution in [3.05, 3.63) is 35.1 Å². The summed E-state index contributed by atoms with van der Waals surface area (Å²) in [6, 6.07) is 2.13. The Kier molecular flexibility index (Phi) is 5.80. The average molecular weight is 388 g/mol. The Hall–Kier alpha value is -0.920. The third kappa shape index (κ3) is 4.49. The summed E-state index contributed by atoms with van der Waals surface area (Å²) in [5.41, 5.74) is 0.123. The average Bonchev–Trinajstić information content (AvgIpc) is 2.88. The van der Waals surface area contributed by atoms with Gasteiger partial charge in [0.25, 0.3) is 0 Å². The highest BCUT2D eigenvalue weighted by atomic mass is 32.2. The van der Waals surface area contributed by atoms with Gasteiger partial charge in [-0.15, -0.1) is 0 Å². The molecule has 2 bridgehead atoms. The zero-order valence-corrected chi connectivity index (χ0v) is 16.3. The summed E-state index contributed by atoms with van der Waals surface area (Å²) in [5, 5.41) is 3.56. The van der Waals surface area contributed by atoms with E-state index in [1.165, 1.54) is 0 Å². The Morgan fingerprint density at radius 1 is 1.12 bits per heavy atom. The zero-order chi connectivity index (χ0) is 19.1. The predicted octanol–water partition coefficient (Wildman–Crippen LogP) is 3.60. The molecular weight excluding hydrogens is 361 g/mol. The van der Waals surface area contributed by atoms with Crippen LogP contribution in [-0.2, 0) is 17.4 Å². The molecule has 0 spiro atoms. The van der Waals surface area contributed by atoms with Crippen LogP contribution in [0.1, 0.15) is 52.0 Å². The van der Waals surface area contributed by atoms with E-state index in [0.717, 1.165) is 31.7 Å². The molecule has 2 heterocycles. The van der Waals surface area contributed by atoms with Crippen LogP contribution < -0.4 is 10.0 Å². The minimum Gasteiger partial charge on any atom is -0.311 e. The number of hydrogen-bond acceptors (Lipinski definition) is 2. The van der Waals surface area contributed by atoms with Crippen LogP contribution in [0, 0.1) is 23.4 Å². The number of nitrogens with one attached hydrogen (secondary N) is 2. The molecule has 1 aromatic rings. The quantitative estimate of drug-likeness (QED) is 0.757. The molecule has 3 rings (SSSR count). The van der Waals surface area contributed by atoms with E-state index in [2.05, 4.69) is 10.0 Å². The highest BCUT2D eigenvalue weighted by Gasteiger charge is 2.38. The maximum atomic E-state index is 14.2. The van der Waals surface area contributed by atoms with Gasteiger partial charge >= 0.3 is 0 Å². The van der Waals surface area contributed by atoms with Crippen LogP contribution in [0.4, 0.5) is 13.2 Å². The van der Waals surface area contributed by atoms with Gasteiger partial charge in [-0.25, -0.2) is 22.1 Å². The lowest BCUT2D eigenvalue weighted by Crippen LogP contribution is -2.50. The van der Waals surface area contributed by atoms with Crippen molar-refractivity contribution in [2.45, 2.75) is 75.7 Å². The van der Waals surface area contributed by atoms with Crippen LogP contribution >= 0.6 is 0 Å². The van der Waals surface area contributed by atoms with Gasteiger partial charge in [0.05, 0.1) is 15.7 Å². The Morgan fingerprint density at radius 2 is 1.69 bits per heavy atom. The zero-order valence-electron chi connectivity index (χ0n) is 15.5. The second-order valence-electron chi connectivity index (χ2n) is 8.54. The third-order valence-electron chi connectivity index (χ3n) is 5.42. The Bertz CT molecular complexity index is 680. The van der Waals surface area contributed by atoms with Crippen molar-refractivity contribution in [1.82, 2.24) is 10.0 Å². The highest BCUT2D eigenvalue weighted by Crippen LogP contribution is 2.34. The molecule has 3 nitrogen and oxygen atoms in total. The number of fused-ring (bicyclic) bond motifs is 2. The molecule has 0 aliphatic carbocycles. The SMILES string of the molecule is CC(C)(C)S(=O)N[C@@H](Cc1cc(F)c(F)cc1F)C1C[C@H]2CC[C@@H](C1)N2. The smallest absolute Gasteiger partial charge is 0.161 e. The normalized spacial score (nSPS) is 28.2. The third-order valence-corrected chi connectivity index (χ3v) is 7.05. The first-order valence-corrected chi connectivity index (χ1v) is 10.4. The van der Waals surface area contributed by atoms with E-state index < -0.39 is 33.2 Å². The molecule has 2 fully saturated rings. The van der Waals surface area contributed by atoms with Crippen molar-refractivity contribution in [3.8, 4) is 0 Å². The largest absolute Gasteiger partial charge is 0.311 e. The summed E-state index contributed by atoms with van der Waals surface area (Å²) in [6.45, 7) is 5.62. The summed E-state index contributed by atoms with van der Waals surface area (Å²) < 4.78 is 56.4. The lowest BCUT2D eigenvalue weighted by Gasteiger charge is -2.36. The number of benzene rings is 1. The van der Waals surface area contributed by atoms with Gasteiger partial charge in [0, 0.05) is 24.2 Å². The van der Waals surface area contributed by atoms with Crippen LogP contribution in [0.3, 0.4) is 0 Å². The molecule has 2 N–H and O–H groups in total. The van der Waals surface area contributed by atoms with Gasteiger partial charge in [-0.1, -0.05) is 0 Å². The molecule has 7 heteroatoms. The monoisotopic (exact) mass is 388 g/mol. The lowest BCUT2D eigenvalue weighted by molar-refractivity contribution is 0.249. The summed E-state index contributed by atoms with van der Waals surface area (Å²) in [4.78, 5) is 0. The van der Waals surface area contributed by atoms with Crippen molar-refractivity contribution < 1.29 is 17.4 Å². The molecule has 26 heavy (non-hydrogen) atoms. The van der Waals surface area contributed by atoms with E-state index in [0.29, 0.717) is 18.2 Å². The predicted molar refractivity (Wildman–Crippen MR) is 97.5 cm³/mol. The van der Waals surface area contributed by atoms with Crippen molar-refractivity contribution in [1.29, 1.82) is 0 Å². The summed E-state index contributed by atoms with van der Waals surface area (Å²) in [6.07, 6.45) is 4.27. The molecular formula is C19H27F3N2OS. The second-order valence-corrected chi connectivity index (χ2v) is 10.5.